The summed E-state index contributed by atoms with van der Waals surface area (Å²) < 4.78 is 11.6. The van der Waals surface area contributed by atoms with Crippen LogP contribution in [-0.2, 0) is 16.1 Å². The van der Waals surface area contributed by atoms with Gasteiger partial charge in [0.1, 0.15) is 11.4 Å². The van der Waals surface area contributed by atoms with Crippen LogP contribution in [0.15, 0.2) is 24.3 Å². The highest BCUT2D eigenvalue weighted by atomic mass is 127. The molecule has 7 heteroatoms. The predicted octanol–water partition coefficient (Wildman–Crippen LogP) is 5.71. The molecule has 1 N–H and O–H groups in total. The molecular weight excluding hydrogens is 519 g/mol. The second kappa shape index (κ2) is 11.6. The van der Waals surface area contributed by atoms with E-state index in [1.165, 1.54) is 0 Å². The van der Waals surface area contributed by atoms with Gasteiger partial charge in [0.05, 0.1) is 7.11 Å². The molecule has 2 rings (SSSR count). The lowest BCUT2D eigenvalue weighted by Gasteiger charge is -2.41. The van der Waals surface area contributed by atoms with E-state index in [9.17, 15) is 9.59 Å². The zero-order valence-corrected chi connectivity index (χ0v) is 22.5. The lowest BCUT2D eigenvalue weighted by molar-refractivity contribution is -0.144. The van der Waals surface area contributed by atoms with Gasteiger partial charge in [-0.2, -0.15) is 0 Å². The third-order valence-corrected chi connectivity index (χ3v) is 6.47. The summed E-state index contributed by atoms with van der Waals surface area (Å²) in [4.78, 5) is 27.8. The Kier molecular flexibility index (Phi) is 9.67. The molecule has 0 spiro atoms. The molecule has 1 saturated carbocycles. The summed E-state index contributed by atoms with van der Waals surface area (Å²) in [5, 5.41) is 3.00. The number of carbonyl (C=O) groups excluding carboxylic acids is 2. The van der Waals surface area contributed by atoms with Crippen LogP contribution in [0.3, 0.4) is 0 Å². The number of carbonyl (C=O) groups is 2. The van der Waals surface area contributed by atoms with E-state index in [4.69, 9.17) is 9.47 Å². The van der Waals surface area contributed by atoms with Gasteiger partial charge in [-0.25, -0.2) is 4.79 Å². The second-order valence-corrected chi connectivity index (χ2v) is 11.3. The molecule has 0 unspecified atom stereocenters. The van der Waals surface area contributed by atoms with E-state index in [1.807, 2.05) is 58.9 Å². The maximum atomic E-state index is 13.6. The molecule has 180 valence electrons. The number of ether oxygens (including phenoxy) is 2. The summed E-state index contributed by atoms with van der Waals surface area (Å²) in [5.74, 6) is 1.01. The fourth-order valence-electron chi connectivity index (χ4n) is 4.03. The van der Waals surface area contributed by atoms with Crippen molar-refractivity contribution in [1.29, 1.82) is 0 Å². The molecule has 0 saturated heterocycles. The van der Waals surface area contributed by atoms with Crippen LogP contribution in [0.4, 0.5) is 4.79 Å². The number of amides is 2. The van der Waals surface area contributed by atoms with Crippen molar-refractivity contribution in [3.05, 3.63) is 29.8 Å². The minimum atomic E-state index is -0.507. The number of benzene rings is 1. The Morgan fingerprint density at radius 3 is 2.16 bits per heavy atom. The molecule has 0 aromatic heterocycles. The summed E-state index contributed by atoms with van der Waals surface area (Å²) >= 11 is 2.34. The maximum absolute atomic E-state index is 13.6. The van der Waals surface area contributed by atoms with Crippen molar-refractivity contribution in [3.63, 3.8) is 0 Å². The van der Waals surface area contributed by atoms with Gasteiger partial charge in [0.25, 0.3) is 0 Å². The Labute approximate surface area is 206 Å². The predicted molar refractivity (Wildman–Crippen MR) is 136 cm³/mol. The standard InChI is InChI=1S/C25H39IN2O4/c1-24(2,3)32-23(30)27-19-9-11-20(12-10-19)28(22(29)25(4,5)15-16-26)17-18-7-13-21(31-6)14-8-18/h7-8,13-14,19-20H,9-12,15-17H2,1-6H3,(H,27,30). The molecule has 0 atom stereocenters. The monoisotopic (exact) mass is 558 g/mol. The summed E-state index contributed by atoms with van der Waals surface area (Å²) in [7, 11) is 1.65. The fraction of sp³-hybridized carbons (Fsp3) is 0.680. The van der Waals surface area contributed by atoms with Crippen molar-refractivity contribution >= 4 is 34.6 Å². The smallest absolute Gasteiger partial charge is 0.407 e. The zero-order valence-electron chi connectivity index (χ0n) is 20.4. The van der Waals surface area contributed by atoms with Crippen LogP contribution in [0.5, 0.6) is 5.75 Å². The van der Waals surface area contributed by atoms with Crippen LogP contribution in [-0.4, -0.2) is 46.1 Å². The molecule has 0 aliphatic heterocycles. The summed E-state index contributed by atoms with van der Waals surface area (Å²) in [6, 6.07) is 8.18. The average Bonchev–Trinajstić information content (AvgIpc) is 2.71. The number of halogens is 1. The Morgan fingerprint density at radius 1 is 1.06 bits per heavy atom. The highest BCUT2D eigenvalue weighted by Crippen LogP contribution is 2.32. The van der Waals surface area contributed by atoms with Gasteiger partial charge in [-0.3, -0.25) is 4.79 Å². The summed E-state index contributed by atoms with van der Waals surface area (Å²) in [5.41, 5.74) is 0.185. The van der Waals surface area contributed by atoms with Crippen LogP contribution in [0.1, 0.15) is 72.3 Å². The Morgan fingerprint density at radius 2 is 1.66 bits per heavy atom. The van der Waals surface area contributed by atoms with E-state index in [0.29, 0.717) is 6.54 Å². The summed E-state index contributed by atoms with van der Waals surface area (Å²) in [6.07, 6.45) is 3.88. The van der Waals surface area contributed by atoms with Gasteiger partial charge >= 0.3 is 6.09 Å². The molecule has 0 bridgehead atoms. The molecule has 1 aromatic rings. The molecule has 1 aliphatic rings. The van der Waals surface area contributed by atoms with Gasteiger partial charge in [0, 0.05) is 28.5 Å². The number of hydrogen-bond acceptors (Lipinski definition) is 4. The van der Waals surface area contributed by atoms with Crippen LogP contribution in [0.2, 0.25) is 0 Å². The second-order valence-electron chi connectivity index (χ2n) is 10.3. The van der Waals surface area contributed by atoms with E-state index in [0.717, 1.165) is 47.8 Å². The normalized spacial score (nSPS) is 19.2. The van der Waals surface area contributed by atoms with Crippen molar-refractivity contribution in [2.24, 2.45) is 5.41 Å². The van der Waals surface area contributed by atoms with E-state index in [-0.39, 0.29) is 24.1 Å². The van der Waals surface area contributed by atoms with Crippen LogP contribution < -0.4 is 10.1 Å². The largest absolute Gasteiger partial charge is 0.497 e. The fourth-order valence-corrected chi connectivity index (χ4v) is 5.38. The van der Waals surface area contributed by atoms with Crippen molar-refractivity contribution in [1.82, 2.24) is 10.2 Å². The highest BCUT2D eigenvalue weighted by molar-refractivity contribution is 14.1. The first-order valence-electron chi connectivity index (χ1n) is 11.4. The molecule has 1 aliphatic carbocycles. The molecule has 0 heterocycles. The lowest BCUT2D eigenvalue weighted by atomic mass is 9.85. The number of alkyl halides is 1. The number of hydrogen-bond donors (Lipinski definition) is 1. The van der Waals surface area contributed by atoms with Gasteiger partial charge < -0.3 is 19.7 Å². The molecule has 0 radical (unpaired) electrons. The first-order valence-corrected chi connectivity index (χ1v) is 13.0. The van der Waals surface area contributed by atoms with Gasteiger partial charge in [0.2, 0.25) is 5.91 Å². The molecule has 32 heavy (non-hydrogen) atoms. The van der Waals surface area contributed by atoms with E-state index >= 15 is 0 Å². The number of nitrogens with one attached hydrogen (secondary N) is 1. The first kappa shape index (κ1) is 26.7. The number of alkyl carbamates (subject to hydrolysis) is 1. The first-order chi connectivity index (χ1) is 14.9. The third kappa shape index (κ3) is 8.12. The van der Waals surface area contributed by atoms with E-state index < -0.39 is 11.0 Å². The minimum absolute atomic E-state index is 0.0846. The van der Waals surface area contributed by atoms with Crippen LogP contribution in [0.25, 0.3) is 0 Å². The Bertz CT molecular complexity index is 750. The number of rotatable bonds is 8. The Balaban J connectivity index is 2.09. The molecule has 6 nitrogen and oxygen atoms in total. The number of nitrogens with zero attached hydrogens (tertiary/aromatic N) is 1. The number of methoxy groups -OCH3 is 1. The van der Waals surface area contributed by atoms with Gasteiger partial charge in [-0.15, -0.1) is 0 Å². The highest BCUT2D eigenvalue weighted by Gasteiger charge is 2.37. The Hall–Kier alpha value is -1.51. The molecule has 1 aromatic carbocycles. The van der Waals surface area contributed by atoms with Crippen LogP contribution in [0, 0.1) is 5.41 Å². The maximum Gasteiger partial charge on any atom is 0.407 e. The van der Waals surface area contributed by atoms with Gasteiger partial charge in [0.15, 0.2) is 0 Å². The average molecular weight is 559 g/mol. The molecular formula is C25H39IN2O4. The topological polar surface area (TPSA) is 67.9 Å². The summed E-state index contributed by atoms with van der Waals surface area (Å²) in [6.45, 7) is 10.3. The van der Waals surface area contributed by atoms with Gasteiger partial charge in [-0.1, -0.05) is 48.6 Å². The third-order valence-electron chi connectivity index (χ3n) is 5.93. The SMILES string of the molecule is COc1ccc(CN(C(=O)C(C)(C)CCI)C2CCC(NC(=O)OC(C)(C)C)CC2)cc1. The zero-order chi connectivity index (χ0) is 23.9. The van der Waals surface area contributed by atoms with Crippen molar-refractivity contribution in [2.45, 2.75) is 91.0 Å². The molecule has 2 amide bonds. The van der Waals surface area contributed by atoms with Crippen molar-refractivity contribution < 1.29 is 19.1 Å². The van der Waals surface area contributed by atoms with Crippen molar-refractivity contribution in [3.8, 4) is 5.75 Å². The van der Waals surface area contributed by atoms with Crippen molar-refractivity contribution in [2.75, 3.05) is 11.5 Å². The quantitative estimate of drug-likeness (QED) is 0.328. The van der Waals surface area contributed by atoms with Gasteiger partial charge in [-0.05, 0) is 70.6 Å². The van der Waals surface area contributed by atoms with Crippen LogP contribution >= 0.6 is 22.6 Å². The molecule has 1 fully saturated rings. The van der Waals surface area contributed by atoms with E-state index in [2.05, 4.69) is 32.8 Å². The lowest BCUT2D eigenvalue weighted by Crippen LogP contribution is -2.50. The minimum Gasteiger partial charge on any atom is -0.497 e. The van der Waals surface area contributed by atoms with E-state index in [1.54, 1.807) is 7.11 Å².